The molecule has 0 bridgehead atoms. The summed E-state index contributed by atoms with van der Waals surface area (Å²) in [6.07, 6.45) is 8.04. The van der Waals surface area contributed by atoms with Gasteiger partial charge in [0.25, 0.3) is 5.91 Å². The first-order valence-electron chi connectivity index (χ1n) is 14.4. The van der Waals surface area contributed by atoms with Gasteiger partial charge in [-0.25, -0.2) is 4.79 Å². The summed E-state index contributed by atoms with van der Waals surface area (Å²) in [7, 11) is 1.90. The number of carbonyl (C=O) groups excluding carboxylic acids is 2. The van der Waals surface area contributed by atoms with Crippen LogP contribution < -0.4 is 20.7 Å². The predicted octanol–water partition coefficient (Wildman–Crippen LogP) is 4.16. The van der Waals surface area contributed by atoms with Crippen LogP contribution in [0.5, 0.6) is 5.75 Å². The highest BCUT2D eigenvalue weighted by Crippen LogP contribution is 2.28. The number of hydrogen-bond donors (Lipinski definition) is 4. The summed E-state index contributed by atoms with van der Waals surface area (Å²) >= 11 is 0. The summed E-state index contributed by atoms with van der Waals surface area (Å²) in [6, 6.07) is 4.76. The van der Waals surface area contributed by atoms with E-state index >= 15 is 0 Å². The molecule has 0 saturated heterocycles. The van der Waals surface area contributed by atoms with Crippen LogP contribution in [0.25, 0.3) is 0 Å². The number of likely N-dealkylation sites (N-methyl/N-ethyl adjacent to an activating group) is 1. The van der Waals surface area contributed by atoms with Crippen molar-refractivity contribution in [3.8, 4) is 5.75 Å². The van der Waals surface area contributed by atoms with Crippen molar-refractivity contribution in [2.45, 2.75) is 96.4 Å². The predicted molar refractivity (Wildman–Crippen MR) is 150 cm³/mol. The lowest BCUT2D eigenvalue weighted by Crippen LogP contribution is -2.47. The van der Waals surface area contributed by atoms with Crippen LogP contribution >= 0.6 is 0 Å². The molecule has 0 spiro atoms. The van der Waals surface area contributed by atoms with Crippen LogP contribution in [0, 0.1) is 5.92 Å². The number of ether oxygens (including phenoxy) is 2. The Morgan fingerprint density at radius 3 is 2.58 bits per heavy atom. The van der Waals surface area contributed by atoms with Crippen LogP contribution in [0.4, 0.5) is 10.5 Å². The van der Waals surface area contributed by atoms with Crippen molar-refractivity contribution >= 4 is 17.6 Å². The van der Waals surface area contributed by atoms with E-state index in [1.807, 2.05) is 20.9 Å². The van der Waals surface area contributed by atoms with Crippen molar-refractivity contribution in [2.24, 2.45) is 5.92 Å². The van der Waals surface area contributed by atoms with Gasteiger partial charge in [-0.2, -0.15) is 0 Å². The van der Waals surface area contributed by atoms with Crippen LogP contribution in [0.1, 0.15) is 82.5 Å². The van der Waals surface area contributed by atoms with Gasteiger partial charge in [0, 0.05) is 37.3 Å². The third-order valence-electron chi connectivity index (χ3n) is 7.66. The molecule has 9 nitrogen and oxygen atoms in total. The molecule has 2 aliphatic rings. The van der Waals surface area contributed by atoms with Gasteiger partial charge in [0.15, 0.2) is 0 Å². The Bertz CT molecular complexity index is 892. The van der Waals surface area contributed by atoms with E-state index in [1.165, 1.54) is 6.42 Å². The number of nitrogens with one attached hydrogen (secondary N) is 3. The second kappa shape index (κ2) is 15.3. The lowest BCUT2D eigenvalue weighted by Gasteiger charge is -2.34. The molecule has 3 amide bonds. The molecule has 1 aliphatic carbocycles. The van der Waals surface area contributed by atoms with Gasteiger partial charge >= 0.3 is 6.03 Å². The van der Waals surface area contributed by atoms with Gasteiger partial charge in [0.1, 0.15) is 5.75 Å². The number of benzene rings is 1. The molecule has 3 rings (SSSR count). The number of carbonyl (C=O) groups is 2. The minimum Gasteiger partial charge on any atom is -0.490 e. The third-order valence-corrected chi connectivity index (χ3v) is 7.66. The van der Waals surface area contributed by atoms with Crippen molar-refractivity contribution in [1.82, 2.24) is 15.5 Å². The minimum atomic E-state index is -0.399. The number of nitrogens with zero attached hydrogens (tertiary/aromatic N) is 1. The summed E-state index contributed by atoms with van der Waals surface area (Å²) in [4.78, 5) is 28.4. The fourth-order valence-electron chi connectivity index (χ4n) is 5.29. The zero-order valence-electron chi connectivity index (χ0n) is 23.6. The number of urea groups is 1. The van der Waals surface area contributed by atoms with Crippen molar-refractivity contribution in [3.63, 3.8) is 0 Å². The van der Waals surface area contributed by atoms with E-state index in [0.717, 1.165) is 44.9 Å². The van der Waals surface area contributed by atoms with Gasteiger partial charge in [-0.15, -0.1) is 0 Å². The SMILES string of the molecule is CNC[C@H]1OCCCC[C@@H](C)Oc2ccc(NC(=O)NC3CCCCC3)cc2C(=O)N([C@@H](C)CO)C[C@H]1C. The van der Waals surface area contributed by atoms with Crippen LogP contribution in [-0.4, -0.2) is 79.6 Å². The van der Waals surface area contributed by atoms with Gasteiger partial charge in [0.05, 0.1) is 30.4 Å². The van der Waals surface area contributed by atoms with Gasteiger partial charge in [-0.05, 0) is 71.2 Å². The molecule has 4 atom stereocenters. The van der Waals surface area contributed by atoms with Crippen molar-refractivity contribution in [1.29, 1.82) is 0 Å². The molecule has 214 valence electrons. The quantitative estimate of drug-likeness (QED) is 0.438. The third kappa shape index (κ3) is 8.85. The molecule has 1 aromatic carbocycles. The molecule has 1 aromatic rings. The average Bonchev–Trinajstić information content (AvgIpc) is 2.90. The molecule has 0 aromatic heterocycles. The van der Waals surface area contributed by atoms with Gasteiger partial charge in [-0.3, -0.25) is 4.79 Å². The zero-order chi connectivity index (χ0) is 27.5. The summed E-state index contributed by atoms with van der Waals surface area (Å²) in [5.41, 5.74) is 0.909. The van der Waals surface area contributed by atoms with Gasteiger partial charge in [0.2, 0.25) is 0 Å². The maximum absolute atomic E-state index is 14.0. The molecular formula is C29H48N4O5. The first kappa shape index (κ1) is 30.2. The Morgan fingerprint density at radius 1 is 1.13 bits per heavy atom. The fraction of sp³-hybridized carbons (Fsp3) is 0.724. The lowest BCUT2D eigenvalue weighted by atomic mass is 9.96. The standard InChI is InChI=1S/C29H48N4O5/c1-20-18-33(21(2)19-34)28(35)25-16-24(32-29(36)31-23-11-6-5-7-12-23)13-14-26(25)38-22(3)10-8-9-15-37-27(20)17-30-4/h13-14,16,20-23,27,30,34H,5-12,15,17-19H2,1-4H3,(H2,31,32,36)/t20-,21+,22-,27-/m1/s1. The highest BCUT2D eigenvalue weighted by Gasteiger charge is 2.30. The van der Waals surface area contributed by atoms with Crippen LogP contribution in [0.3, 0.4) is 0 Å². The van der Waals surface area contributed by atoms with E-state index < -0.39 is 6.04 Å². The number of rotatable bonds is 6. The number of aliphatic hydroxyl groups is 1. The Morgan fingerprint density at radius 2 is 1.87 bits per heavy atom. The molecule has 1 aliphatic heterocycles. The number of amides is 3. The number of anilines is 1. The molecule has 0 unspecified atom stereocenters. The van der Waals surface area contributed by atoms with E-state index in [-0.39, 0.29) is 42.7 Å². The van der Waals surface area contributed by atoms with E-state index in [1.54, 1.807) is 23.1 Å². The number of hydrogen-bond acceptors (Lipinski definition) is 6. The molecular weight excluding hydrogens is 484 g/mol. The van der Waals surface area contributed by atoms with Crippen molar-refractivity contribution < 1.29 is 24.2 Å². The molecule has 4 N–H and O–H groups in total. The second-order valence-corrected chi connectivity index (χ2v) is 11.0. The molecule has 9 heteroatoms. The summed E-state index contributed by atoms with van der Waals surface area (Å²) in [6.45, 7) is 7.51. The number of aliphatic hydroxyl groups excluding tert-OH is 1. The summed E-state index contributed by atoms with van der Waals surface area (Å²) in [5.74, 6) is 0.287. The van der Waals surface area contributed by atoms with E-state index in [0.29, 0.717) is 36.7 Å². The Kier molecular flexibility index (Phi) is 12.1. The molecule has 38 heavy (non-hydrogen) atoms. The van der Waals surface area contributed by atoms with E-state index in [2.05, 4.69) is 22.9 Å². The van der Waals surface area contributed by atoms with Gasteiger partial charge in [-0.1, -0.05) is 26.2 Å². The molecule has 0 radical (unpaired) electrons. The van der Waals surface area contributed by atoms with Crippen LogP contribution in [0.2, 0.25) is 0 Å². The molecule has 1 saturated carbocycles. The maximum atomic E-state index is 14.0. The maximum Gasteiger partial charge on any atom is 0.319 e. The smallest absolute Gasteiger partial charge is 0.319 e. The lowest BCUT2D eigenvalue weighted by molar-refractivity contribution is -0.000451. The largest absolute Gasteiger partial charge is 0.490 e. The average molecular weight is 533 g/mol. The van der Waals surface area contributed by atoms with Crippen molar-refractivity contribution in [2.75, 3.05) is 38.7 Å². The highest BCUT2D eigenvalue weighted by atomic mass is 16.5. The first-order valence-corrected chi connectivity index (χ1v) is 14.4. The molecule has 1 fully saturated rings. The minimum absolute atomic E-state index is 0.0363. The summed E-state index contributed by atoms with van der Waals surface area (Å²) in [5, 5.41) is 19.2. The first-order chi connectivity index (χ1) is 18.3. The second-order valence-electron chi connectivity index (χ2n) is 11.0. The Hall–Kier alpha value is -2.36. The highest BCUT2D eigenvalue weighted by molar-refractivity contribution is 5.99. The van der Waals surface area contributed by atoms with Crippen LogP contribution in [-0.2, 0) is 4.74 Å². The summed E-state index contributed by atoms with van der Waals surface area (Å²) < 4.78 is 12.5. The zero-order valence-corrected chi connectivity index (χ0v) is 23.6. The topological polar surface area (TPSA) is 112 Å². The Labute approximate surface area is 228 Å². The van der Waals surface area contributed by atoms with Crippen molar-refractivity contribution in [3.05, 3.63) is 23.8 Å². The monoisotopic (exact) mass is 532 g/mol. The molecule has 1 heterocycles. The normalized spacial score (nSPS) is 25.0. The van der Waals surface area contributed by atoms with Gasteiger partial charge < -0.3 is 35.4 Å². The van der Waals surface area contributed by atoms with E-state index in [4.69, 9.17) is 9.47 Å². The van der Waals surface area contributed by atoms with E-state index in [9.17, 15) is 14.7 Å². The van der Waals surface area contributed by atoms with Crippen LogP contribution in [0.15, 0.2) is 18.2 Å². The fourth-order valence-corrected chi connectivity index (χ4v) is 5.29. The Balaban J connectivity index is 1.89. The number of fused-ring (bicyclic) bond motifs is 1.